The summed E-state index contributed by atoms with van der Waals surface area (Å²) in [5.74, 6) is -0.235. The lowest BCUT2D eigenvalue weighted by molar-refractivity contribution is 0.0594. The van der Waals surface area contributed by atoms with Crippen molar-refractivity contribution in [2.75, 3.05) is 12.4 Å². The molecule has 1 aromatic carbocycles. The summed E-state index contributed by atoms with van der Waals surface area (Å²) in [6.07, 6.45) is 6.54. The number of anilines is 1. The summed E-state index contributed by atoms with van der Waals surface area (Å²) in [7, 11) is 1.29. The molecule has 1 aliphatic rings. The predicted octanol–water partition coefficient (Wildman–Crippen LogP) is 4.44. The Kier molecular flexibility index (Phi) is 6.34. The van der Waals surface area contributed by atoms with Gasteiger partial charge in [0.15, 0.2) is 5.69 Å². The molecule has 0 unspecified atom stereocenters. The van der Waals surface area contributed by atoms with E-state index in [1.807, 2.05) is 32.0 Å². The Hall–Kier alpha value is -2.83. The van der Waals surface area contributed by atoms with Crippen LogP contribution in [0.5, 0.6) is 0 Å². The molecule has 2 aromatic rings. The molecule has 1 fully saturated rings. The van der Waals surface area contributed by atoms with Crippen LogP contribution in [0.15, 0.2) is 28.9 Å². The lowest BCUT2D eigenvalue weighted by Crippen LogP contribution is -2.43. The second-order valence-electron chi connectivity index (χ2n) is 7.22. The van der Waals surface area contributed by atoms with Gasteiger partial charge in [0.25, 0.3) is 0 Å². The van der Waals surface area contributed by atoms with Crippen molar-refractivity contribution in [3.05, 3.63) is 47.2 Å². The topological polar surface area (TPSA) is 84.7 Å². The van der Waals surface area contributed by atoms with Gasteiger partial charge in [0.2, 0.25) is 5.89 Å². The number of aromatic nitrogens is 1. The summed E-state index contributed by atoms with van der Waals surface area (Å²) >= 11 is 0. The van der Waals surface area contributed by atoms with Gasteiger partial charge in [-0.25, -0.2) is 14.6 Å². The largest absolute Gasteiger partial charge is 0.464 e. The molecule has 150 valence electrons. The molecule has 1 N–H and O–H groups in total. The number of esters is 1. The van der Waals surface area contributed by atoms with Crippen LogP contribution in [0.4, 0.5) is 10.5 Å². The maximum atomic E-state index is 13.1. The fourth-order valence-corrected chi connectivity index (χ4v) is 3.56. The fourth-order valence-electron chi connectivity index (χ4n) is 3.56. The lowest BCUT2D eigenvalue weighted by Gasteiger charge is -2.33. The van der Waals surface area contributed by atoms with E-state index < -0.39 is 5.97 Å². The summed E-state index contributed by atoms with van der Waals surface area (Å²) in [6, 6.07) is 5.79. The highest BCUT2D eigenvalue weighted by Gasteiger charge is 2.28. The zero-order valence-corrected chi connectivity index (χ0v) is 16.7. The number of nitrogens with zero attached hydrogens (tertiary/aromatic N) is 2. The monoisotopic (exact) mass is 385 g/mol. The van der Waals surface area contributed by atoms with Crippen LogP contribution in [-0.2, 0) is 11.3 Å². The van der Waals surface area contributed by atoms with Gasteiger partial charge in [-0.15, -0.1) is 0 Å². The normalized spacial score (nSPS) is 14.5. The van der Waals surface area contributed by atoms with Crippen molar-refractivity contribution in [3.63, 3.8) is 0 Å². The predicted molar refractivity (Wildman–Crippen MR) is 105 cm³/mol. The number of aryl methyl sites for hydroxylation is 1. The molecule has 0 atom stereocenters. The van der Waals surface area contributed by atoms with E-state index in [2.05, 4.69) is 15.0 Å². The van der Waals surface area contributed by atoms with Crippen molar-refractivity contribution in [3.8, 4) is 0 Å². The molecule has 1 saturated carbocycles. The third-order valence-electron chi connectivity index (χ3n) is 5.37. The quantitative estimate of drug-likeness (QED) is 0.769. The number of hydrogen-bond donors (Lipinski definition) is 1. The van der Waals surface area contributed by atoms with Crippen molar-refractivity contribution >= 4 is 17.7 Å². The zero-order chi connectivity index (χ0) is 20.1. The number of benzene rings is 1. The summed E-state index contributed by atoms with van der Waals surface area (Å²) in [5.41, 5.74) is 3.07. The molecule has 28 heavy (non-hydrogen) atoms. The molecule has 0 bridgehead atoms. The van der Waals surface area contributed by atoms with E-state index in [1.165, 1.54) is 19.8 Å². The van der Waals surface area contributed by atoms with Crippen LogP contribution in [0, 0.1) is 13.8 Å². The number of urea groups is 1. The minimum absolute atomic E-state index is 0.107. The molecule has 2 amide bonds. The van der Waals surface area contributed by atoms with E-state index in [-0.39, 0.29) is 24.3 Å². The van der Waals surface area contributed by atoms with Gasteiger partial charge in [-0.05, 0) is 43.9 Å². The van der Waals surface area contributed by atoms with E-state index in [0.717, 1.165) is 42.5 Å². The molecule has 7 nitrogen and oxygen atoms in total. The minimum Gasteiger partial charge on any atom is -0.464 e. The molecule has 1 heterocycles. The van der Waals surface area contributed by atoms with E-state index in [0.29, 0.717) is 5.89 Å². The number of carbonyl (C=O) groups is 2. The number of carbonyl (C=O) groups excluding carboxylic acids is 2. The van der Waals surface area contributed by atoms with Crippen LogP contribution in [-0.4, -0.2) is 35.0 Å². The molecule has 0 spiro atoms. The smallest absolute Gasteiger partial charge is 0.360 e. The maximum Gasteiger partial charge on any atom is 0.360 e. The van der Waals surface area contributed by atoms with Gasteiger partial charge >= 0.3 is 12.0 Å². The molecule has 3 rings (SSSR count). The van der Waals surface area contributed by atoms with E-state index in [4.69, 9.17) is 4.42 Å². The van der Waals surface area contributed by atoms with Crippen molar-refractivity contribution in [1.29, 1.82) is 0 Å². The summed E-state index contributed by atoms with van der Waals surface area (Å²) in [5, 5.41) is 3.04. The lowest BCUT2D eigenvalue weighted by atomic mass is 9.94. The fraction of sp³-hybridized carbons (Fsp3) is 0.476. The maximum absolute atomic E-state index is 13.1. The average molecular weight is 385 g/mol. The third-order valence-corrected chi connectivity index (χ3v) is 5.37. The van der Waals surface area contributed by atoms with Gasteiger partial charge in [0.1, 0.15) is 6.26 Å². The van der Waals surface area contributed by atoms with Gasteiger partial charge in [-0.1, -0.05) is 31.4 Å². The van der Waals surface area contributed by atoms with Crippen LogP contribution >= 0.6 is 0 Å². The van der Waals surface area contributed by atoms with Gasteiger partial charge < -0.3 is 19.4 Å². The first-order valence-electron chi connectivity index (χ1n) is 9.66. The summed E-state index contributed by atoms with van der Waals surface area (Å²) in [4.78, 5) is 30.7. The summed E-state index contributed by atoms with van der Waals surface area (Å²) in [6.45, 7) is 4.22. The number of nitrogens with one attached hydrogen (secondary N) is 1. The number of ether oxygens (including phenoxy) is 1. The van der Waals surface area contributed by atoms with Crippen LogP contribution in [0.3, 0.4) is 0 Å². The first-order chi connectivity index (χ1) is 13.5. The van der Waals surface area contributed by atoms with E-state index >= 15 is 0 Å². The minimum atomic E-state index is -0.556. The van der Waals surface area contributed by atoms with Gasteiger partial charge in [-0.3, -0.25) is 0 Å². The highest BCUT2D eigenvalue weighted by Crippen LogP contribution is 2.26. The Morgan fingerprint density at radius 3 is 2.71 bits per heavy atom. The molecule has 1 aliphatic carbocycles. The van der Waals surface area contributed by atoms with Crippen LogP contribution in [0.25, 0.3) is 0 Å². The second-order valence-corrected chi connectivity index (χ2v) is 7.22. The standard InChI is InChI=1S/C21H27N3O4/c1-14-8-7-11-17(15(14)2)23-21(26)24(16-9-5-4-6-10-16)12-19-22-18(13-28-19)20(25)27-3/h7-8,11,13,16H,4-6,9-10,12H2,1-3H3,(H,23,26). The Balaban J connectivity index is 1.80. The number of hydrogen-bond acceptors (Lipinski definition) is 5. The van der Waals surface area contributed by atoms with Gasteiger partial charge in [-0.2, -0.15) is 0 Å². The molecule has 1 aromatic heterocycles. The molecular weight excluding hydrogens is 358 g/mol. The Bertz CT molecular complexity index is 840. The van der Waals surface area contributed by atoms with Crippen molar-refractivity contribution in [2.45, 2.75) is 58.5 Å². The first-order valence-corrected chi connectivity index (χ1v) is 9.66. The zero-order valence-electron chi connectivity index (χ0n) is 16.7. The van der Waals surface area contributed by atoms with Crippen LogP contribution < -0.4 is 5.32 Å². The highest BCUT2D eigenvalue weighted by molar-refractivity contribution is 5.90. The first kappa shape index (κ1) is 19.9. The van der Waals surface area contributed by atoms with E-state index in [9.17, 15) is 9.59 Å². The number of methoxy groups -OCH3 is 1. The number of amides is 2. The Labute approximate surface area is 165 Å². The highest BCUT2D eigenvalue weighted by atomic mass is 16.5. The Morgan fingerprint density at radius 1 is 1.25 bits per heavy atom. The van der Waals surface area contributed by atoms with Crippen molar-refractivity contribution < 1.29 is 18.7 Å². The van der Waals surface area contributed by atoms with Crippen molar-refractivity contribution in [2.24, 2.45) is 0 Å². The number of oxazole rings is 1. The number of rotatable bonds is 5. The molecule has 0 aliphatic heterocycles. The Morgan fingerprint density at radius 2 is 2.00 bits per heavy atom. The second kappa shape index (κ2) is 8.91. The molecule has 0 radical (unpaired) electrons. The van der Waals surface area contributed by atoms with Gasteiger partial charge in [0.05, 0.1) is 13.7 Å². The van der Waals surface area contributed by atoms with E-state index in [1.54, 1.807) is 4.90 Å². The van der Waals surface area contributed by atoms with Crippen LogP contribution in [0.2, 0.25) is 0 Å². The SMILES string of the molecule is COC(=O)c1coc(CN(C(=O)Nc2cccc(C)c2C)C2CCCCC2)n1. The van der Waals surface area contributed by atoms with Crippen LogP contribution in [0.1, 0.15) is 59.6 Å². The molecule has 7 heteroatoms. The average Bonchev–Trinajstić information content (AvgIpc) is 3.18. The van der Waals surface area contributed by atoms with Gasteiger partial charge in [0, 0.05) is 11.7 Å². The van der Waals surface area contributed by atoms with Crippen molar-refractivity contribution in [1.82, 2.24) is 9.88 Å². The molecular formula is C21H27N3O4. The third kappa shape index (κ3) is 4.52. The molecule has 0 saturated heterocycles. The summed E-state index contributed by atoms with van der Waals surface area (Å²) < 4.78 is 10.1.